The van der Waals surface area contributed by atoms with E-state index in [2.05, 4.69) is 0 Å². The first kappa shape index (κ1) is 11.2. The third-order valence-corrected chi connectivity index (χ3v) is 3.92. The van der Waals surface area contributed by atoms with Gasteiger partial charge in [0, 0.05) is 11.1 Å². The summed E-state index contributed by atoms with van der Waals surface area (Å²) in [6.45, 7) is 0. The van der Waals surface area contributed by atoms with Crippen LogP contribution in [0.3, 0.4) is 0 Å². The van der Waals surface area contributed by atoms with Crippen LogP contribution in [-0.2, 0) is 9.53 Å². The smallest absolute Gasteiger partial charge is 0.334 e. The molecule has 4 heteroatoms. The highest BCUT2D eigenvalue weighted by molar-refractivity contribution is 6.14. The zero-order valence-corrected chi connectivity index (χ0v) is 10.4. The number of carbonyl (C=O) groups is 2. The first-order valence-corrected chi connectivity index (χ1v) is 6.34. The molecular weight excluding hydrogens is 256 g/mol. The molecular formula is C16H10O4. The summed E-state index contributed by atoms with van der Waals surface area (Å²) in [5, 5.41) is 11.7. The number of ether oxygens (including phenoxy) is 1. The third-order valence-electron chi connectivity index (χ3n) is 3.92. The van der Waals surface area contributed by atoms with Gasteiger partial charge in [0.1, 0.15) is 17.8 Å². The van der Waals surface area contributed by atoms with Crippen LogP contribution in [0.1, 0.15) is 22.0 Å². The van der Waals surface area contributed by atoms with Crippen molar-refractivity contribution in [2.24, 2.45) is 5.92 Å². The summed E-state index contributed by atoms with van der Waals surface area (Å²) in [5.41, 5.74) is 1.34. The molecule has 1 aliphatic carbocycles. The van der Waals surface area contributed by atoms with Crippen molar-refractivity contribution in [3.8, 4) is 0 Å². The van der Waals surface area contributed by atoms with E-state index in [1.165, 1.54) is 0 Å². The number of rotatable bonds is 0. The first-order valence-electron chi connectivity index (χ1n) is 6.34. The average Bonchev–Trinajstić information content (AvgIpc) is 2.43. The Kier molecular flexibility index (Phi) is 2.07. The van der Waals surface area contributed by atoms with E-state index >= 15 is 0 Å². The predicted octanol–water partition coefficient (Wildman–Crippen LogP) is 2.69. The molecule has 20 heavy (non-hydrogen) atoms. The maximum atomic E-state index is 12.6. The Balaban J connectivity index is 2.08. The first-order chi connectivity index (χ1) is 9.66. The van der Waals surface area contributed by atoms with E-state index in [9.17, 15) is 14.7 Å². The molecule has 0 saturated heterocycles. The number of hydrogen-bond donors (Lipinski definition) is 1. The Morgan fingerprint density at radius 2 is 1.80 bits per heavy atom. The minimum atomic E-state index is -0.826. The second-order valence-electron chi connectivity index (χ2n) is 5.02. The SMILES string of the molecule is O=C1C=C(O)C2C(=O)c3cccc4cccc(c34)C2O1. The van der Waals surface area contributed by atoms with Gasteiger partial charge < -0.3 is 9.84 Å². The van der Waals surface area contributed by atoms with E-state index in [4.69, 9.17) is 4.74 Å². The number of esters is 1. The Morgan fingerprint density at radius 1 is 1.05 bits per heavy atom. The van der Waals surface area contributed by atoms with Crippen LogP contribution in [0.2, 0.25) is 0 Å². The largest absolute Gasteiger partial charge is 0.511 e. The third kappa shape index (κ3) is 1.30. The zero-order chi connectivity index (χ0) is 13.9. The van der Waals surface area contributed by atoms with Crippen LogP contribution < -0.4 is 0 Å². The minimum absolute atomic E-state index is 0.208. The summed E-state index contributed by atoms with van der Waals surface area (Å²) >= 11 is 0. The fourth-order valence-electron chi connectivity index (χ4n) is 3.09. The van der Waals surface area contributed by atoms with Crippen molar-refractivity contribution >= 4 is 22.5 Å². The molecule has 98 valence electrons. The lowest BCUT2D eigenvalue weighted by Gasteiger charge is -2.33. The number of carbonyl (C=O) groups excluding carboxylic acids is 2. The standard InChI is InChI=1S/C16H10O4/c17-11-7-12(18)20-16-10-6-2-4-8-3-1-5-9(13(8)10)15(19)14(11)16/h1-7,14,16-17H. The highest BCUT2D eigenvalue weighted by Gasteiger charge is 2.44. The molecule has 0 fully saturated rings. The number of benzene rings is 2. The van der Waals surface area contributed by atoms with Gasteiger partial charge in [-0.1, -0.05) is 36.4 Å². The molecule has 2 aromatic rings. The fraction of sp³-hybridized carbons (Fsp3) is 0.125. The monoisotopic (exact) mass is 266 g/mol. The van der Waals surface area contributed by atoms with Crippen molar-refractivity contribution in [1.29, 1.82) is 0 Å². The van der Waals surface area contributed by atoms with Crippen LogP contribution >= 0.6 is 0 Å². The zero-order valence-electron chi connectivity index (χ0n) is 10.4. The number of aliphatic hydroxyl groups is 1. The molecule has 2 aromatic carbocycles. The van der Waals surface area contributed by atoms with Gasteiger partial charge in [-0.05, 0) is 10.8 Å². The number of hydrogen-bond acceptors (Lipinski definition) is 4. The second kappa shape index (κ2) is 3.70. The summed E-state index contributed by atoms with van der Waals surface area (Å²) in [7, 11) is 0. The molecule has 2 aliphatic rings. The fourth-order valence-corrected chi connectivity index (χ4v) is 3.09. The molecule has 1 aliphatic heterocycles. The number of fused-ring (bicyclic) bond motifs is 2. The molecule has 4 rings (SSSR count). The molecule has 0 bridgehead atoms. The van der Waals surface area contributed by atoms with Crippen molar-refractivity contribution < 1.29 is 19.4 Å². The Labute approximate surface area is 114 Å². The van der Waals surface area contributed by atoms with Gasteiger partial charge in [-0.3, -0.25) is 4.79 Å². The van der Waals surface area contributed by atoms with Crippen LogP contribution in [0.15, 0.2) is 48.2 Å². The summed E-state index contributed by atoms with van der Waals surface area (Å²) in [6.07, 6.45) is 0.242. The van der Waals surface area contributed by atoms with Gasteiger partial charge in [0.15, 0.2) is 5.78 Å². The number of aliphatic hydroxyl groups excluding tert-OH is 1. The van der Waals surface area contributed by atoms with Gasteiger partial charge in [0.25, 0.3) is 0 Å². The highest BCUT2D eigenvalue weighted by Crippen LogP contribution is 2.44. The van der Waals surface area contributed by atoms with Gasteiger partial charge >= 0.3 is 5.97 Å². The van der Waals surface area contributed by atoms with E-state index in [0.29, 0.717) is 5.56 Å². The molecule has 0 spiro atoms. The van der Waals surface area contributed by atoms with E-state index in [0.717, 1.165) is 22.4 Å². The summed E-state index contributed by atoms with van der Waals surface area (Å²) in [5.74, 6) is -1.87. The van der Waals surface area contributed by atoms with Crippen molar-refractivity contribution in [2.75, 3.05) is 0 Å². The molecule has 0 aromatic heterocycles. The number of Topliss-reactive ketones (excluding diaryl/α,β-unsaturated/α-hetero) is 1. The van der Waals surface area contributed by atoms with Gasteiger partial charge in [-0.2, -0.15) is 0 Å². The van der Waals surface area contributed by atoms with Crippen LogP contribution in [0.4, 0.5) is 0 Å². The Hall–Kier alpha value is -2.62. The molecule has 0 amide bonds. The highest BCUT2D eigenvalue weighted by atomic mass is 16.5. The molecule has 1 N–H and O–H groups in total. The topological polar surface area (TPSA) is 63.6 Å². The van der Waals surface area contributed by atoms with E-state index in [-0.39, 0.29) is 11.5 Å². The molecule has 1 heterocycles. The summed E-state index contributed by atoms with van der Waals surface area (Å²) in [4.78, 5) is 24.1. The van der Waals surface area contributed by atoms with Crippen molar-refractivity contribution in [3.05, 3.63) is 59.4 Å². The van der Waals surface area contributed by atoms with Crippen LogP contribution in [0.5, 0.6) is 0 Å². The normalized spacial score (nSPS) is 24.1. The van der Waals surface area contributed by atoms with Gasteiger partial charge in [0.05, 0.1) is 6.08 Å². The van der Waals surface area contributed by atoms with Crippen LogP contribution in [0, 0.1) is 5.92 Å². The van der Waals surface area contributed by atoms with Gasteiger partial charge in [0.2, 0.25) is 0 Å². The molecule has 2 atom stereocenters. The lowest BCUT2D eigenvalue weighted by molar-refractivity contribution is -0.147. The predicted molar refractivity (Wildman–Crippen MR) is 71.3 cm³/mol. The van der Waals surface area contributed by atoms with E-state index in [1.807, 2.05) is 30.3 Å². The van der Waals surface area contributed by atoms with Crippen LogP contribution in [0.25, 0.3) is 10.8 Å². The number of ketones is 1. The van der Waals surface area contributed by atoms with Crippen molar-refractivity contribution in [1.82, 2.24) is 0 Å². The van der Waals surface area contributed by atoms with Crippen molar-refractivity contribution in [3.63, 3.8) is 0 Å². The Morgan fingerprint density at radius 3 is 2.60 bits per heavy atom. The molecule has 2 unspecified atom stereocenters. The van der Waals surface area contributed by atoms with Crippen LogP contribution in [-0.4, -0.2) is 16.9 Å². The quantitative estimate of drug-likeness (QED) is 0.745. The lowest BCUT2D eigenvalue weighted by Crippen LogP contribution is -2.35. The maximum Gasteiger partial charge on any atom is 0.334 e. The summed E-state index contributed by atoms with van der Waals surface area (Å²) in [6, 6.07) is 11.1. The lowest BCUT2D eigenvalue weighted by atomic mass is 9.77. The molecule has 0 saturated carbocycles. The molecule has 0 radical (unpaired) electrons. The maximum absolute atomic E-state index is 12.6. The van der Waals surface area contributed by atoms with E-state index in [1.54, 1.807) is 6.07 Å². The van der Waals surface area contributed by atoms with Gasteiger partial charge in [-0.25, -0.2) is 4.79 Å². The van der Waals surface area contributed by atoms with Gasteiger partial charge in [-0.15, -0.1) is 0 Å². The Bertz CT molecular complexity index is 798. The summed E-state index contributed by atoms with van der Waals surface area (Å²) < 4.78 is 5.28. The minimum Gasteiger partial charge on any atom is -0.511 e. The van der Waals surface area contributed by atoms with Crippen molar-refractivity contribution in [2.45, 2.75) is 6.10 Å². The second-order valence-corrected chi connectivity index (χ2v) is 5.02. The average molecular weight is 266 g/mol. The van der Waals surface area contributed by atoms with E-state index < -0.39 is 18.0 Å². The molecule has 4 nitrogen and oxygen atoms in total.